The van der Waals surface area contributed by atoms with E-state index in [1.165, 1.54) is 0 Å². The van der Waals surface area contributed by atoms with Crippen LogP contribution in [0.25, 0.3) is 0 Å². The Kier molecular flexibility index (Phi) is 4.74. The molecule has 2 aromatic rings. The molecule has 0 bridgehead atoms. The van der Waals surface area contributed by atoms with E-state index in [0.717, 1.165) is 28.1 Å². The minimum absolute atomic E-state index is 0.0695. The van der Waals surface area contributed by atoms with E-state index in [2.05, 4.69) is 10.6 Å². The first-order valence-electron chi connectivity index (χ1n) is 8.47. The molecule has 0 saturated carbocycles. The molecule has 1 saturated heterocycles. The predicted octanol–water partition coefficient (Wildman–Crippen LogP) is 3.54. The van der Waals surface area contributed by atoms with Gasteiger partial charge in [0.05, 0.1) is 0 Å². The number of hydrogen-bond donors (Lipinski definition) is 2. The summed E-state index contributed by atoms with van der Waals surface area (Å²) in [5, 5.41) is 5.63. The molecule has 0 aliphatic carbocycles. The summed E-state index contributed by atoms with van der Waals surface area (Å²) in [4.78, 5) is 26.6. The van der Waals surface area contributed by atoms with E-state index < -0.39 is 6.04 Å². The molecule has 25 heavy (non-hydrogen) atoms. The molecule has 130 valence electrons. The second-order valence-electron chi connectivity index (χ2n) is 6.51. The summed E-state index contributed by atoms with van der Waals surface area (Å²) in [6.45, 7) is 6.58. The molecule has 1 unspecified atom stereocenters. The number of carbonyl (C=O) groups is 2. The van der Waals surface area contributed by atoms with E-state index >= 15 is 0 Å². The van der Waals surface area contributed by atoms with E-state index in [-0.39, 0.29) is 11.9 Å². The van der Waals surface area contributed by atoms with Crippen molar-refractivity contribution < 1.29 is 9.59 Å². The minimum Gasteiger partial charge on any atom is -0.326 e. The highest BCUT2D eigenvalue weighted by atomic mass is 16.2. The number of nitrogens with one attached hydrogen (secondary N) is 2. The predicted molar refractivity (Wildman–Crippen MR) is 100 cm³/mol. The van der Waals surface area contributed by atoms with Gasteiger partial charge in [-0.05, 0) is 56.5 Å². The van der Waals surface area contributed by atoms with Crippen LogP contribution in [0.1, 0.15) is 23.1 Å². The van der Waals surface area contributed by atoms with Crippen molar-refractivity contribution >= 4 is 23.3 Å². The first kappa shape index (κ1) is 17.0. The lowest BCUT2D eigenvalue weighted by Crippen LogP contribution is -2.43. The molecule has 2 N–H and O–H groups in total. The van der Waals surface area contributed by atoms with Gasteiger partial charge in [0.2, 0.25) is 5.91 Å². The monoisotopic (exact) mass is 337 g/mol. The zero-order valence-electron chi connectivity index (χ0n) is 14.8. The van der Waals surface area contributed by atoms with Crippen LogP contribution in [0.15, 0.2) is 42.5 Å². The van der Waals surface area contributed by atoms with Crippen LogP contribution in [0.5, 0.6) is 0 Å². The third-order valence-electron chi connectivity index (χ3n) is 4.71. The van der Waals surface area contributed by atoms with Gasteiger partial charge in [0, 0.05) is 17.9 Å². The van der Waals surface area contributed by atoms with E-state index in [0.29, 0.717) is 13.0 Å². The second-order valence-corrected chi connectivity index (χ2v) is 6.51. The highest BCUT2D eigenvalue weighted by Crippen LogP contribution is 2.22. The van der Waals surface area contributed by atoms with Crippen LogP contribution in [-0.2, 0) is 4.79 Å². The number of rotatable bonds is 3. The number of benzene rings is 2. The number of aryl methyl sites for hydroxylation is 2. The Bertz CT molecular complexity index is 799. The molecular weight excluding hydrogens is 314 g/mol. The molecule has 1 heterocycles. The van der Waals surface area contributed by atoms with Gasteiger partial charge in [-0.2, -0.15) is 0 Å². The van der Waals surface area contributed by atoms with Crippen molar-refractivity contribution in [3.05, 3.63) is 59.2 Å². The maximum Gasteiger partial charge on any atom is 0.319 e. The van der Waals surface area contributed by atoms with Gasteiger partial charge in [-0.3, -0.25) is 4.79 Å². The molecule has 0 radical (unpaired) electrons. The Hall–Kier alpha value is -2.82. The third kappa shape index (κ3) is 3.65. The molecule has 0 aromatic heterocycles. The third-order valence-corrected chi connectivity index (χ3v) is 4.71. The van der Waals surface area contributed by atoms with Gasteiger partial charge >= 0.3 is 6.03 Å². The minimum atomic E-state index is -0.494. The fraction of sp³-hybridized carbons (Fsp3) is 0.300. The lowest BCUT2D eigenvalue weighted by Gasteiger charge is -2.18. The Morgan fingerprint density at radius 1 is 1.08 bits per heavy atom. The number of hydrogen-bond acceptors (Lipinski definition) is 2. The fourth-order valence-electron chi connectivity index (χ4n) is 3.00. The van der Waals surface area contributed by atoms with Crippen LogP contribution in [-0.4, -0.2) is 24.5 Å². The van der Waals surface area contributed by atoms with Gasteiger partial charge < -0.3 is 15.5 Å². The lowest BCUT2D eigenvalue weighted by atomic mass is 10.1. The van der Waals surface area contributed by atoms with Crippen molar-refractivity contribution in [1.82, 2.24) is 5.32 Å². The fourth-order valence-corrected chi connectivity index (χ4v) is 3.00. The molecule has 5 nitrogen and oxygen atoms in total. The van der Waals surface area contributed by atoms with Crippen LogP contribution in [0.4, 0.5) is 16.2 Å². The SMILES string of the molecule is Cc1ccc(N2CCC(NC(=O)Nc3cccc(C)c3C)C2=O)cc1. The van der Waals surface area contributed by atoms with Gasteiger partial charge in [0.1, 0.15) is 6.04 Å². The van der Waals surface area contributed by atoms with Gasteiger partial charge in [-0.15, -0.1) is 0 Å². The summed E-state index contributed by atoms with van der Waals surface area (Å²) >= 11 is 0. The highest BCUT2D eigenvalue weighted by Gasteiger charge is 2.33. The molecule has 1 fully saturated rings. The van der Waals surface area contributed by atoms with Crippen molar-refractivity contribution in [2.75, 3.05) is 16.8 Å². The Morgan fingerprint density at radius 2 is 1.80 bits per heavy atom. The largest absolute Gasteiger partial charge is 0.326 e. The molecule has 3 amide bonds. The zero-order valence-corrected chi connectivity index (χ0v) is 14.8. The Balaban J connectivity index is 1.63. The standard InChI is InChI=1S/C20H23N3O2/c1-13-7-9-16(10-8-13)23-12-11-18(19(23)24)22-20(25)21-17-6-4-5-14(2)15(17)3/h4-10,18H,11-12H2,1-3H3,(H2,21,22,25). The molecule has 1 atom stereocenters. The van der Waals surface area contributed by atoms with Crippen LogP contribution in [0.2, 0.25) is 0 Å². The summed E-state index contributed by atoms with van der Waals surface area (Å²) < 4.78 is 0. The van der Waals surface area contributed by atoms with Gasteiger partial charge in [0.25, 0.3) is 0 Å². The first-order chi connectivity index (χ1) is 12.0. The molecule has 2 aromatic carbocycles. The summed E-state index contributed by atoms with van der Waals surface area (Å²) in [5.41, 5.74) is 4.92. The number of urea groups is 1. The van der Waals surface area contributed by atoms with E-state index in [1.54, 1.807) is 4.90 Å². The molecule has 3 rings (SSSR count). The first-order valence-corrected chi connectivity index (χ1v) is 8.47. The van der Waals surface area contributed by atoms with Crippen molar-refractivity contribution in [3.63, 3.8) is 0 Å². The highest BCUT2D eigenvalue weighted by molar-refractivity contribution is 6.02. The number of amides is 3. The van der Waals surface area contributed by atoms with Crippen molar-refractivity contribution in [2.24, 2.45) is 0 Å². The Labute approximate surface area is 148 Å². The molecule has 0 spiro atoms. The summed E-state index contributed by atoms with van der Waals surface area (Å²) in [5.74, 6) is -0.0695. The summed E-state index contributed by atoms with van der Waals surface area (Å²) in [6, 6.07) is 12.8. The van der Waals surface area contributed by atoms with Crippen LogP contribution >= 0.6 is 0 Å². The van der Waals surface area contributed by atoms with E-state index in [4.69, 9.17) is 0 Å². The topological polar surface area (TPSA) is 61.4 Å². The summed E-state index contributed by atoms with van der Waals surface area (Å²) in [7, 11) is 0. The van der Waals surface area contributed by atoms with Gasteiger partial charge in [0.15, 0.2) is 0 Å². The maximum absolute atomic E-state index is 12.6. The van der Waals surface area contributed by atoms with E-state index in [1.807, 2.05) is 63.2 Å². The second kappa shape index (κ2) is 6.97. The van der Waals surface area contributed by atoms with Crippen LogP contribution in [0, 0.1) is 20.8 Å². The molecular formula is C20H23N3O2. The number of nitrogens with zero attached hydrogens (tertiary/aromatic N) is 1. The van der Waals surface area contributed by atoms with Crippen LogP contribution in [0.3, 0.4) is 0 Å². The molecule has 1 aliphatic rings. The average Bonchev–Trinajstić information content (AvgIpc) is 2.93. The lowest BCUT2D eigenvalue weighted by molar-refractivity contribution is -0.118. The van der Waals surface area contributed by atoms with Gasteiger partial charge in [-0.1, -0.05) is 29.8 Å². The van der Waals surface area contributed by atoms with Crippen LogP contribution < -0.4 is 15.5 Å². The zero-order chi connectivity index (χ0) is 18.0. The Morgan fingerprint density at radius 3 is 2.52 bits per heavy atom. The normalized spacial score (nSPS) is 16.8. The van der Waals surface area contributed by atoms with Crippen molar-refractivity contribution in [1.29, 1.82) is 0 Å². The summed E-state index contributed by atoms with van der Waals surface area (Å²) in [6.07, 6.45) is 0.604. The smallest absolute Gasteiger partial charge is 0.319 e. The average molecular weight is 337 g/mol. The molecule has 5 heteroatoms. The quantitative estimate of drug-likeness (QED) is 0.900. The van der Waals surface area contributed by atoms with Gasteiger partial charge in [-0.25, -0.2) is 4.79 Å². The van der Waals surface area contributed by atoms with Crippen molar-refractivity contribution in [2.45, 2.75) is 33.2 Å². The van der Waals surface area contributed by atoms with Crippen molar-refractivity contribution in [3.8, 4) is 0 Å². The van der Waals surface area contributed by atoms with E-state index in [9.17, 15) is 9.59 Å². The maximum atomic E-state index is 12.6. The molecule has 1 aliphatic heterocycles. The number of anilines is 2. The number of carbonyl (C=O) groups excluding carboxylic acids is 2.